The van der Waals surface area contributed by atoms with Crippen LogP contribution in [0.25, 0.3) is 0 Å². The molecule has 0 spiro atoms. The summed E-state index contributed by atoms with van der Waals surface area (Å²) in [6.07, 6.45) is 5.26. The minimum Gasteiger partial charge on any atom is -0.399 e. The molecule has 0 aliphatic rings. The van der Waals surface area contributed by atoms with E-state index in [1.165, 1.54) is 0 Å². The molecule has 0 aliphatic carbocycles. The molecule has 70 valence electrons. The number of nitrogens with one attached hydrogen (secondary N) is 1. The molecule has 0 atom stereocenters. The van der Waals surface area contributed by atoms with E-state index in [0.717, 1.165) is 24.3 Å². The molecule has 0 amide bonds. The van der Waals surface area contributed by atoms with Gasteiger partial charge in [-0.05, 0) is 37.6 Å². The smallest absolute Gasteiger partial charge is 0.0341 e. The maximum atomic E-state index is 5.56. The van der Waals surface area contributed by atoms with Crippen LogP contribution in [0.1, 0.15) is 13.3 Å². The normalized spacial score (nSPS) is 10.5. The Morgan fingerprint density at radius 3 is 2.62 bits per heavy atom. The van der Waals surface area contributed by atoms with E-state index in [1.807, 2.05) is 31.2 Å². The van der Waals surface area contributed by atoms with Crippen molar-refractivity contribution in [3.8, 4) is 0 Å². The number of hydrogen-bond acceptors (Lipinski definition) is 2. The molecule has 0 saturated carbocycles. The molecule has 0 bridgehead atoms. The number of nitrogens with two attached hydrogens (primary N) is 1. The van der Waals surface area contributed by atoms with Gasteiger partial charge in [-0.15, -0.1) is 0 Å². The summed E-state index contributed by atoms with van der Waals surface area (Å²) in [6.45, 7) is 3.00. The largest absolute Gasteiger partial charge is 0.399 e. The first kappa shape index (κ1) is 9.65. The van der Waals surface area contributed by atoms with E-state index in [9.17, 15) is 0 Å². The minimum atomic E-state index is 0.805. The van der Waals surface area contributed by atoms with Crippen molar-refractivity contribution < 1.29 is 0 Å². The number of anilines is 2. The van der Waals surface area contributed by atoms with Crippen molar-refractivity contribution in [1.29, 1.82) is 0 Å². The Morgan fingerprint density at radius 2 is 2.00 bits per heavy atom. The molecule has 13 heavy (non-hydrogen) atoms. The number of hydrogen-bond donors (Lipinski definition) is 2. The first-order chi connectivity index (χ1) is 6.33. The summed E-state index contributed by atoms with van der Waals surface area (Å²) in [4.78, 5) is 0. The van der Waals surface area contributed by atoms with Crippen LogP contribution < -0.4 is 11.1 Å². The molecular weight excluding hydrogens is 160 g/mol. The fraction of sp³-hybridized carbons (Fsp3) is 0.273. The summed E-state index contributed by atoms with van der Waals surface area (Å²) >= 11 is 0. The van der Waals surface area contributed by atoms with E-state index in [-0.39, 0.29) is 0 Å². The van der Waals surface area contributed by atoms with E-state index in [4.69, 9.17) is 5.73 Å². The molecule has 0 fully saturated rings. The number of rotatable bonds is 4. The Morgan fingerprint density at radius 1 is 1.31 bits per heavy atom. The van der Waals surface area contributed by atoms with Crippen molar-refractivity contribution in [2.24, 2.45) is 0 Å². The maximum absolute atomic E-state index is 5.56. The van der Waals surface area contributed by atoms with Crippen molar-refractivity contribution in [2.75, 3.05) is 17.6 Å². The Hall–Kier alpha value is -1.44. The average Bonchev–Trinajstić information content (AvgIpc) is 2.15. The van der Waals surface area contributed by atoms with Crippen LogP contribution in [0.5, 0.6) is 0 Å². The maximum Gasteiger partial charge on any atom is 0.0341 e. The Bertz CT molecular complexity index is 262. The van der Waals surface area contributed by atoms with Crippen LogP contribution in [0.4, 0.5) is 11.4 Å². The molecule has 0 saturated heterocycles. The molecule has 3 N–H and O–H groups in total. The Kier molecular flexibility index (Phi) is 3.89. The molecule has 1 aromatic rings. The predicted molar refractivity (Wildman–Crippen MR) is 58.8 cm³/mol. The van der Waals surface area contributed by atoms with Gasteiger partial charge < -0.3 is 11.1 Å². The number of nitrogen functional groups attached to an aromatic ring is 1. The molecule has 2 nitrogen and oxygen atoms in total. The summed E-state index contributed by atoms with van der Waals surface area (Å²) in [5, 5.41) is 3.30. The monoisotopic (exact) mass is 176 g/mol. The standard InChI is InChI=1S/C11H16N2/c1-2-3-4-9-13-11-7-5-10(12)6-8-11/h2-3,5-8,13H,4,9,12H2,1H3/b3-2+. The molecule has 1 rings (SSSR count). The first-order valence-corrected chi connectivity index (χ1v) is 4.53. The highest BCUT2D eigenvalue weighted by Gasteiger charge is 1.88. The van der Waals surface area contributed by atoms with Crippen LogP contribution in [-0.2, 0) is 0 Å². The Balaban J connectivity index is 2.33. The average molecular weight is 176 g/mol. The SMILES string of the molecule is C/C=C/CCNc1ccc(N)cc1. The summed E-state index contributed by atoms with van der Waals surface area (Å²) in [6, 6.07) is 7.78. The van der Waals surface area contributed by atoms with Gasteiger partial charge in [-0.2, -0.15) is 0 Å². The van der Waals surface area contributed by atoms with E-state index in [2.05, 4.69) is 17.5 Å². The van der Waals surface area contributed by atoms with Crippen LogP contribution in [0.15, 0.2) is 36.4 Å². The third-order valence-corrected chi connectivity index (χ3v) is 1.79. The molecule has 0 aliphatic heterocycles. The van der Waals surface area contributed by atoms with Crippen LogP contribution in [0.3, 0.4) is 0 Å². The van der Waals surface area contributed by atoms with Gasteiger partial charge in [-0.1, -0.05) is 12.2 Å². The van der Waals surface area contributed by atoms with Gasteiger partial charge in [0, 0.05) is 17.9 Å². The molecular formula is C11H16N2. The predicted octanol–water partition coefficient (Wildman–Crippen LogP) is 2.65. The first-order valence-electron chi connectivity index (χ1n) is 4.53. The van der Waals surface area contributed by atoms with Crippen molar-refractivity contribution in [1.82, 2.24) is 0 Å². The van der Waals surface area contributed by atoms with E-state index >= 15 is 0 Å². The second-order valence-corrected chi connectivity index (χ2v) is 2.91. The summed E-state index contributed by atoms with van der Waals surface area (Å²) in [7, 11) is 0. The topological polar surface area (TPSA) is 38.0 Å². The zero-order chi connectivity index (χ0) is 9.52. The van der Waals surface area contributed by atoms with Crippen molar-refractivity contribution in [3.05, 3.63) is 36.4 Å². The molecule has 0 radical (unpaired) electrons. The van der Waals surface area contributed by atoms with E-state index < -0.39 is 0 Å². The lowest BCUT2D eigenvalue weighted by molar-refractivity contribution is 1.06. The summed E-state index contributed by atoms with van der Waals surface area (Å²) in [5.74, 6) is 0. The molecule has 0 heterocycles. The van der Waals surface area contributed by atoms with Crippen molar-refractivity contribution in [3.63, 3.8) is 0 Å². The fourth-order valence-electron chi connectivity index (χ4n) is 1.07. The lowest BCUT2D eigenvalue weighted by Gasteiger charge is -2.04. The zero-order valence-electron chi connectivity index (χ0n) is 7.96. The highest BCUT2D eigenvalue weighted by molar-refractivity contribution is 5.51. The van der Waals surface area contributed by atoms with Gasteiger partial charge in [0.25, 0.3) is 0 Å². The van der Waals surface area contributed by atoms with Gasteiger partial charge in [0.2, 0.25) is 0 Å². The van der Waals surface area contributed by atoms with Gasteiger partial charge in [0.15, 0.2) is 0 Å². The van der Waals surface area contributed by atoms with Gasteiger partial charge in [0.1, 0.15) is 0 Å². The highest BCUT2D eigenvalue weighted by atomic mass is 14.9. The van der Waals surface area contributed by atoms with Gasteiger partial charge in [0.05, 0.1) is 0 Å². The van der Waals surface area contributed by atoms with Crippen LogP contribution >= 0.6 is 0 Å². The fourth-order valence-corrected chi connectivity index (χ4v) is 1.07. The van der Waals surface area contributed by atoms with Gasteiger partial charge in [-0.3, -0.25) is 0 Å². The zero-order valence-corrected chi connectivity index (χ0v) is 7.96. The lowest BCUT2D eigenvalue weighted by atomic mass is 10.3. The molecule has 0 aromatic heterocycles. The lowest BCUT2D eigenvalue weighted by Crippen LogP contribution is -1.99. The van der Waals surface area contributed by atoms with Gasteiger partial charge in [-0.25, -0.2) is 0 Å². The minimum absolute atomic E-state index is 0.805. The third kappa shape index (κ3) is 3.65. The molecule has 1 aromatic carbocycles. The molecule has 2 heteroatoms. The summed E-state index contributed by atoms with van der Waals surface area (Å²) < 4.78 is 0. The van der Waals surface area contributed by atoms with Crippen LogP contribution in [-0.4, -0.2) is 6.54 Å². The summed E-state index contributed by atoms with van der Waals surface area (Å²) in [5.41, 5.74) is 7.49. The second kappa shape index (κ2) is 5.25. The van der Waals surface area contributed by atoms with E-state index in [0.29, 0.717) is 0 Å². The Labute approximate surface area is 79.5 Å². The number of allylic oxidation sites excluding steroid dienone is 1. The quantitative estimate of drug-likeness (QED) is 0.420. The van der Waals surface area contributed by atoms with Crippen molar-refractivity contribution >= 4 is 11.4 Å². The second-order valence-electron chi connectivity index (χ2n) is 2.91. The van der Waals surface area contributed by atoms with Gasteiger partial charge >= 0.3 is 0 Å². The number of benzene rings is 1. The molecule has 0 unspecified atom stereocenters. The van der Waals surface area contributed by atoms with E-state index in [1.54, 1.807) is 0 Å². The third-order valence-electron chi connectivity index (χ3n) is 1.79. The van der Waals surface area contributed by atoms with Crippen molar-refractivity contribution in [2.45, 2.75) is 13.3 Å². The van der Waals surface area contributed by atoms with Crippen LogP contribution in [0.2, 0.25) is 0 Å². The van der Waals surface area contributed by atoms with Crippen LogP contribution in [0, 0.1) is 0 Å². The highest BCUT2D eigenvalue weighted by Crippen LogP contribution is 2.09.